The average molecular weight is 298 g/mol. The molecule has 17 heavy (non-hydrogen) atoms. The summed E-state index contributed by atoms with van der Waals surface area (Å²) < 4.78 is 6.12. The van der Waals surface area contributed by atoms with Crippen LogP contribution in [0.1, 0.15) is 19.8 Å². The van der Waals surface area contributed by atoms with Gasteiger partial charge in [-0.1, -0.05) is 15.9 Å². The Morgan fingerprint density at radius 1 is 1.47 bits per heavy atom. The third kappa shape index (κ3) is 3.46. The predicted octanol–water partition coefficient (Wildman–Crippen LogP) is 3.20. The number of nitrogens with one attached hydrogen (secondary N) is 1. The van der Waals surface area contributed by atoms with Gasteiger partial charge in [-0.3, -0.25) is 0 Å². The maximum atomic E-state index is 11.8. The van der Waals surface area contributed by atoms with Crippen LogP contribution in [-0.4, -0.2) is 18.6 Å². The molecule has 1 N–H and O–H groups in total. The second kappa shape index (κ2) is 5.54. The van der Waals surface area contributed by atoms with Crippen LogP contribution >= 0.6 is 15.9 Å². The molecule has 1 aromatic carbocycles. The third-order valence-electron chi connectivity index (χ3n) is 2.80. The van der Waals surface area contributed by atoms with Gasteiger partial charge in [0.25, 0.3) is 0 Å². The van der Waals surface area contributed by atoms with Gasteiger partial charge in [0, 0.05) is 10.2 Å². The molecule has 3 nitrogen and oxygen atoms in total. The van der Waals surface area contributed by atoms with Crippen molar-refractivity contribution < 1.29 is 9.53 Å². The lowest BCUT2D eigenvalue weighted by molar-refractivity contribution is -0.144. The molecule has 1 fully saturated rings. The van der Waals surface area contributed by atoms with E-state index in [4.69, 9.17) is 4.74 Å². The summed E-state index contributed by atoms with van der Waals surface area (Å²) in [5.41, 5.74) is 0.957. The zero-order valence-electron chi connectivity index (χ0n) is 9.78. The molecular formula is C13H16BrNO2. The predicted molar refractivity (Wildman–Crippen MR) is 70.9 cm³/mol. The lowest BCUT2D eigenvalue weighted by Gasteiger charge is -2.17. The molecule has 1 saturated carbocycles. The van der Waals surface area contributed by atoms with Gasteiger partial charge in [0.2, 0.25) is 0 Å². The van der Waals surface area contributed by atoms with Crippen LogP contribution in [-0.2, 0) is 9.53 Å². The van der Waals surface area contributed by atoms with Gasteiger partial charge in [0.05, 0.1) is 6.61 Å². The van der Waals surface area contributed by atoms with E-state index in [0.29, 0.717) is 12.5 Å². The summed E-state index contributed by atoms with van der Waals surface area (Å²) in [5.74, 6) is 0.288. The van der Waals surface area contributed by atoms with Gasteiger partial charge in [0.1, 0.15) is 6.04 Å². The first-order valence-electron chi connectivity index (χ1n) is 5.89. The van der Waals surface area contributed by atoms with Crippen LogP contribution in [0.3, 0.4) is 0 Å². The van der Waals surface area contributed by atoms with Gasteiger partial charge in [0.15, 0.2) is 0 Å². The van der Waals surface area contributed by atoms with E-state index < -0.39 is 0 Å². The lowest BCUT2D eigenvalue weighted by Crippen LogP contribution is -2.33. The van der Waals surface area contributed by atoms with Gasteiger partial charge in [-0.05, 0) is 49.9 Å². The first-order chi connectivity index (χ1) is 8.20. The molecule has 0 aliphatic heterocycles. The lowest BCUT2D eigenvalue weighted by atomic mass is 10.1. The van der Waals surface area contributed by atoms with Crippen LogP contribution in [0.25, 0.3) is 0 Å². The van der Waals surface area contributed by atoms with Crippen molar-refractivity contribution in [2.45, 2.75) is 25.8 Å². The van der Waals surface area contributed by atoms with Gasteiger partial charge in [-0.25, -0.2) is 4.79 Å². The molecule has 0 saturated heterocycles. The summed E-state index contributed by atoms with van der Waals surface area (Å²) in [6.07, 6.45) is 2.21. The first-order valence-corrected chi connectivity index (χ1v) is 6.68. The summed E-state index contributed by atoms with van der Waals surface area (Å²) in [6, 6.07) is 7.63. The molecule has 1 aliphatic carbocycles. The van der Waals surface area contributed by atoms with E-state index >= 15 is 0 Å². The Morgan fingerprint density at radius 3 is 2.65 bits per heavy atom. The topological polar surface area (TPSA) is 38.3 Å². The molecule has 0 heterocycles. The molecular weight excluding hydrogens is 282 g/mol. The fourth-order valence-electron chi connectivity index (χ4n) is 1.76. The van der Waals surface area contributed by atoms with Crippen molar-refractivity contribution in [2.24, 2.45) is 5.92 Å². The average Bonchev–Trinajstić information content (AvgIpc) is 3.12. The van der Waals surface area contributed by atoms with Gasteiger partial charge in [-0.2, -0.15) is 0 Å². The van der Waals surface area contributed by atoms with E-state index in [0.717, 1.165) is 23.0 Å². The number of ether oxygens (including phenoxy) is 1. The first kappa shape index (κ1) is 12.4. The van der Waals surface area contributed by atoms with Gasteiger partial charge >= 0.3 is 5.97 Å². The Morgan fingerprint density at radius 2 is 2.12 bits per heavy atom. The van der Waals surface area contributed by atoms with Crippen molar-refractivity contribution in [1.29, 1.82) is 0 Å². The Balaban J connectivity index is 2.02. The molecule has 1 atom stereocenters. The van der Waals surface area contributed by atoms with Crippen molar-refractivity contribution in [2.75, 3.05) is 11.9 Å². The maximum Gasteiger partial charge on any atom is 0.328 e. The number of hydrogen-bond donors (Lipinski definition) is 1. The summed E-state index contributed by atoms with van der Waals surface area (Å²) in [5, 5.41) is 3.26. The monoisotopic (exact) mass is 297 g/mol. The van der Waals surface area contributed by atoms with Gasteiger partial charge in [-0.15, -0.1) is 0 Å². The zero-order valence-corrected chi connectivity index (χ0v) is 11.4. The fourth-order valence-corrected chi connectivity index (χ4v) is 2.02. The zero-order chi connectivity index (χ0) is 12.3. The van der Waals surface area contributed by atoms with Crippen LogP contribution in [0.15, 0.2) is 28.7 Å². The van der Waals surface area contributed by atoms with Crippen molar-refractivity contribution >= 4 is 27.6 Å². The molecule has 1 aromatic rings. The second-order valence-electron chi connectivity index (χ2n) is 4.22. The van der Waals surface area contributed by atoms with Crippen molar-refractivity contribution in [3.63, 3.8) is 0 Å². The van der Waals surface area contributed by atoms with E-state index in [1.165, 1.54) is 0 Å². The molecule has 92 valence electrons. The molecule has 1 aliphatic rings. The van der Waals surface area contributed by atoms with Crippen LogP contribution in [0.2, 0.25) is 0 Å². The molecule has 0 radical (unpaired) electrons. The highest BCUT2D eigenvalue weighted by Crippen LogP contribution is 2.35. The fraction of sp³-hybridized carbons (Fsp3) is 0.462. The Bertz CT molecular complexity index is 387. The van der Waals surface area contributed by atoms with Crippen LogP contribution in [0.4, 0.5) is 5.69 Å². The summed E-state index contributed by atoms with van der Waals surface area (Å²) in [4.78, 5) is 11.8. The molecule has 0 spiro atoms. The quantitative estimate of drug-likeness (QED) is 0.848. The minimum atomic E-state index is -0.198. The van der Waals surface area contributed by atoms with Gasteiger partial charge < -0.3 is 10.1 Å². The summed E-state index contributed by atoms with van der Waals surface area (Å²) >= 11 is 3.39. The molecule has 1 unspecified atom stereocenters. The highest BCUT2D eigenvalue weighted by atomic mass is 79.9. The number of esters is 1. The van der Waals surface area contributed by atoms with Crippen LogP contribution in [0, 0.1) is 5.92 Å². The number of halogens is 1. The molecule has 0 aromatic heterocycles. The van der Waals surface area contributed by atoms with Crippen LogP contribution in [0.5, 0.6) is 0 Å². The smallest absolute Gasteiger partial charge is 0.328 e. The number of carbonyl (C=O) groups is 1. The molecule has 0 amide bonds. The third-order valence-corrected chi connectivity index (χ3v) is 3.33. The maximum absolute atomic E-state index is 11.8. The Kier molecular flexibility index (Phi) is 4.05. The molecule has 4 heteroatoms. The minimum Gasteiger partial charge on any atom is -0.464 e. The van der Waals surface area contributed by atoms with E-state index in [2.05, 4.69) is 21.2 Å². The second-order valence-corrected chi connectivity index (χ2v) is 5.13. The van der Waals surface area contributed by atoms with Crippen molar-refractivity contribution in [1.82, 2.24) is 0 Å². The minimum absolute atomic E-state index is 0.141. The number of hydrogen-bond acceptors (Lipinski definition) is 3. The standard InChI is InChI=1S/C13H16BrNO2/c1-2-17-13(16)12(9-3-4-9)15-11-7-5-10(14)6-8-11/h5-9,12,15H,2-4H2,1H3. The number of rotatable bonds is 5. The normalized spacial score (nSPS) is 16.4. The SMILES string of the molecule is CCOC(=O)C(Nc1ccc(Br)cc1)C1CC1. The van der Waals surface area contributed by atoms with Crippen LogP contribution < -0.4 is 5.32 Å². The van der Waals surface area contributed by atoms with Crippen molar-refractivity contribution in [3.8, 4) is 0 Å². The van der Waals surface area contributed by atoms with Crippen molar-refractivity contribution in [3.05, 3.63) is 28.7 Å². The highest BCUT2D eigenvalue weighted by molar-refractivity contribution is 9.10. The Labute approximate surface area is 110 Å². The largest absolute Gasteiger partial charge is 0.464 e. The van der Waals surface area contributed by atoms with E-state index in [1.807, 2.05) is 31.2 Å². The molecule has 0 bridgehead atoms. The number of benzene rings is 1. The molecule has 2 rings (SSSR count). The number of carbonyl (C=O) groups excluding carboxylic acids is 1. The number of anilines is 1. The Hall–Kier alpha value is -1.03. The van der Waals surface area contributed by atoms with E-state index in [1.54, 1.807) is 0 Å². The van der Waals surface area contributed by atoms with E-state index in [-0.39, 0.29) is 12.0 Å². The van der Waals surface area contributed by atoms with E-state index in [9.17, 15) is 4.79 Å². The highest BCUT2D eigenvalue weighted by Gasteiger charge is 2.37. The summed E-state index contributed by atoms with van der Waals surface area (Å²) in [7, 11) is 0. The summed E-state index contributed by atoms with van der Waals surface area (Å²) in [6.45, 7) is 2.27.